The second kappa shape index (κ2) is 11.2. The maximum atomic E-state index is 13.2. The first-order valence-corrected chi connectivity index (χ1v) is 11.4. The number of hydrogen-bond acceptors (Lipinski definition) is 7. The minimum atomic E-state index is -3.84. The van der Waals surface area contributed by atoms with Crippen molar-refractivity contribution in [3.05, 3.63) is 54.1 Å². The number of nitrogen functional groups attached to an aromatic ring is 1. The van der Waals surface area contributed by atoms with Crippen LogP contribution in [0, 0.1) is 5.92 Å². The van der Waals surface area contributed by atoms with Crippen molar-refractivity contribution in [3.63, 3.8) is 0 Å². The standard InChI is InChI=1S/C21H30BN3O5S/c1-15(2)12-25(31(28,29)19-9-5-17(23)6-10-19)13-21(27)20(24-14-30-22)11-16-3-7-18(26)8-4-16/h3-10,14-15,20-21,26-27H,11-13,22-23H2,1-2H3/t20-,21?/m0/s1. The Kier molecular flexibility index (Phi) is 8.91. The van der Waals surface area contributed by atoms with Gasteiger partial charge in [0.25, 0.3) is 0 Å². The summed E-state index contributed by atoms with van der Waals surface area (Å²) < 4.78 is 32.6. The molecule has 0 saturated heterocycles. The number of benzene rings is 2. The molecule has 4 N–H and O–H groups in total. The highest BCUT2D eigenvalue weighted by Crippen LogP contribution is 2.21. The lowest BCUT2D eigenvalue weighted by Crippen LogP contribution is -2.44. The normalized spacial score (nSPS) is 14.2. The van der Waals surface area contributed by atoms with E-state index in [-0.39, 0.29) is 29.7 Å². The highest BCUT2D eigenvalue weighted by atomic mass is 32.2. The van der Waals surface area contributed by atoms with Crippen molar-refractivity contribution in [1.82, 2.24) is 4.31 Å². The first-order valence-electron chi connectivity index (χ1n) is 9.99. The van der Waals surface area contributed by atoms with Crippen LogP contribution in [0.1, 0.15) is 19.4 Å². The Labute approximate surface area is 184 Å². The van der Waals surface area contributed by atoms with E-state index < -0.39 is 22.2 Å². The van der Waals surface area contributed by atoms with E-state index in [1.54, 1.807) is 24.3 Å². The molecule has 0 aliphatic carbocycles. The van der Waals surface area contributed by atoms with Crippen molar-refractivity contribution in [2.75, 3.05) is 18.8 Å². The van der Waals surface area contributed by atoms with Gasteiger partial charge in [0, 0.05) is 18.8 Å². The molecule has 168 valence electrons. The molecule has 2 aromatic rings. The third kappa shape index (κ3) is 7.27. The van der Waals surface area contributed by atoms with Crippen LogP contribution in [0.25, 0.3) is 0 Å². The number of nitrogens with two attached hydrogens (primary N) is 1. The fourth-order valence-electron chi connectivity index (χ4n) is 3.10. The number of phenolic OH excluding ortho intramolecular Hbond substituents is 1. The lowest BCUT2D eigenvalue weighted by molar-refractivity contribution is 0.116. The fourth-order valence-corrected chi connectivity index (χ4v) is 4.72. The Morgan fingerprint density at radius 2 is 1.74 bits per heavy atom. The number of aliphatic imine (C=N–C) groups is 1. The summed E-state index contributed by atoms with van der Waals surface area (Å²) in [6, 6.07) is 11.9. The fraction of sp³-hybridized carbons (Fsp3) is 0.381. The minimum absolute atomic E-state index is 0.0498. The molecule has 2 atom stereocenters. The zero-order valence-corrected chi connectivity index (χ0v) is 18.9. The van der Waals surface area contributed by atoms with Crippen molar-refractivity contribution in [3.8, 4) is 5.75 Å². The van der Waals surface area contributed by atoms with Crippen molar-refractivity contribution in [1.29, 1.82) is 0 Å². The van der Waals surface area contributed by atoms with Crippen LogP contribution in [0.2, 0.25) is 0 Å². The highest BCUT2D eigenvalue weighted by molar-refractivity contribution is 7.89. The molecule has 0 spiro atoms. The number of aliphatic hydroxyl groups excluding tert-OH is 1. The van der Waals surface area contributed by atoms with Crippen molar-refractivity contribution in [2.24, 2.45) is 10.9 Å². The SMILES string of the molecule is BOC=N[C@@H](Cc1ccc(O)cc1)C(O)CN(CC(C)C)S(=O)(=O)c1ccc(N)cc1. The summed E-state index contributed by atoms with van der Waals surface area (Å²) in [7, 11) is -2.39. The average molecular weight is 447 g/mol. The summed E-state index contributed by atoms with van der Waals surface area (Å²) in [6.45, 7) is 3.93. The molecule has 0 aliphatic rings. The summed E-state index contributed by atoms with van der Waals surface area (Å²) >= 11 is 0. The van der Waals surface area contributed by atoms with Crippen LogP contribution in [-0.2, 0) is 21.1 Å². The Morgan fingerprint density at radius 3 is 2.29 bits per heavy atom. The largest absolute Gasteiger partial charge is 0.560 e. The molecule has 0 aromatic heterocycles. The summed E-state index contributed by atoms with van der Waals surface area (Å²) in [5.74, 6) is 0.188. The second-order valence-corrected chi connectivity index (χ2v) is 9.72. The summed E-state index contributed by atoms with van der Waals surface area (Å²) in [5, 5.41) is 20.4. The van der Waals surface area contributed by atoms with E-state index in [0.29, 0.717) is 12.1 Å². The molecular weight excluding hydrogens is 417 g/mol. The van der Waals surface area contributed by atoms with E-state index in [1.165, 1.54) is 43.0 Å². The zero-order chi connectivity index (χ0) is 23.0. The smallest absolute Gasteiger partial charge is 0.323 e. The molecule has 10 heteroatoms. The van der Waals surface area contributed by atoms with Gasteiger partial charge in [-0.05, 0) is 54.3 Å². The van der Waals surface area contributed by atoms with Crippen LogP contribution in [-0.4, -0.2) is 62.6 Å². The number of aliphatic hydroxyl groups is 1. The molecule has 0 amide bonds. The van der Waals surface area contributed by atoms with Gasteiger partial charge in [0.1, 0.15) is 5.75 Å². The van der Waals surface area contributed by atoms with Gasteiger partial charge in [0.15, 0.2) is 6.40 Å². The van der Waals surface area contributed by atoms with Crippen LogP contribution in [0.15, 0.2) is 58.4 Å². The monoisotopic (exact) mass is 447 g/mol. The van der Waals surface area contributed by atoms with Crippen LogP contribution in [0.3, 0.4) is 0 Å². The zero-order valence-electron chi connectivity index (χ0n) is 18.0. The van der Waals surface area contributed by atoms with Gasteiger partial charge in [-0.15, -0.1) is 0 Å². The topological polar surface area (TPSA) is 125 Å². The number of nitrogens with zero attached hydrogens (tertiary/aromatic N) is 2. The number of hydrogen-bond donors (Lipinski definition) is 3. The van der Waals surface area contributed by atoms with E-state index >= 15 is 0 Å². The van der Waals surface area contributed by atoms with Gasteiger partial charge in [0.2, 0.25) is 10.0 Å². The van der Waals surface area contributed by atoms with Gasteiger partial charge in [0.05, 0.1) is 17.0 Å². The van der Waals surface area contributed by atoms with Crippen molar-refractivity contribution >= 4 is 30.2 Å². The van der Waals surface area contributed by atoms with Gasteiger partial charge in [-0.3, -0.25) is 4.99 Å². The predicted octanol–water partition coefficient (Wildman–Crippen LogP) is 1.19. The molecular formula is C21H30BN3O5S. The molecule has 0 saturated carbocycles. The van der Waals surface area contributed by atoms with Crippen LogP contribution < -0.4 is 5.73 Å². The van der Waals surface area contributed by atoms with E-state index in [9.17, 15) is 18.6 Å². The molecule has 2 aromatic carbocycles. The number of phenols is 1. The van der Waals surface area contributed by atoms with Gasteiger partial charge in [-0.2, -0.15) is 4.31 Å². The summed E-state index contributed by atoms with van der Waals surface area (Å²) in [6.07, 6.45) is 0.497. The van der Waals surface area contributed by atoms with Crippen LogP contribution >= 0.6 is 0 Å². The molecule has 0 radical (unpaired) electrons. The van der Waals surface area contributed by atoms with Crippen molar-refractivity contribution in [2.45, 2.75) is 37.3 Å². The lowest BCUT2D eigenvalue weighted by Gasteiger charge is -2.28. The van der Waals surface area contributed by atoms with E-state index in [0.717, 1.165) is 5.56 Å². The quantitative estimate of drug-likeness (QED) is 0.206. The van der Waals surface area contributed by atoms with E-state index in [2.05, 4.69) is 4.99 Å². The molecule has 0 fully saturated rings. The van der Waals surface area contributed by atoms with Gasteiger partial charge in [-0.1, -0.05) is 26.0 Å². The first kappa shape index (κ1) is 24.7. The van der Waals surface area contributed by atoms with Gasteiger partial charge < -0.3 is 20.6 Å². The minimum Gasteiger partial charge on any atom is -0.560 e. The Bertz CT molecular complexity index is 950. The molecule has 0 heterocycles. The van der Waals surface area contributed by atoms with Crippen LogP contribution in [0.4, 0.5) is 5.69 Å². The molecule has 2 rings (SSSR count). The number of rotatable bonds is 11. The summed E-state index contributed by atoms with van der Waals surface area (Å²) in [4.78, 5) is 4.38. The number of anilines is 1. The Morgan fingerprint density at radius 1 is 1.13 bits per heavy atom. The second-order valence-electron chi connectivity index (χ2n) is 7.78. The molecule has 0 bridgehead atoms. The maximum Gasteiger partial charge on any atom is 0.323 e. The average Bonchev–Trinajstić information content (AvgIpc) is 2.72. The number of sulfonamides is 1. The number of aromatic hydroxyl groups is 1. The summed E-state index contributed by atoms with van der Waals surface area (Å²) in [5.41, 5.74) is 6.99. The van der Waals surface area contributed by atoms with E-state index in [4.69, 9.17) is 10.4 Å². The van der Waals surface area contributed by atoms with Crippen molar-refractivity contribution < 1.29 is 23.3 Å². The lowest BCUT2D eigenvalue weighted by atomic mass is 10.0. The van der Waals surface area contributed by atoms with Gasteiger partial charge in [-0.25, -0.2) is 8.42 Å². The molecule has 31 heavy (non-hydrogen) atoms. The molecule has 1 unspecified atom stereocenters. The maximum absolute atomic E-state index is 13.2. The third-order valence-corrected chi connectivity index (χ3v) is 6.51. The first-order chi connectivity index (χ1) is 14.6. The van der Waals surface area contributed by atoms with Gasteiger partial charge >= 0.3 is 8.05 Å². The van der Waals surface area contributed by atoms with E-state index in [1.807, 2.05) is 13.8 Å². The highest BCUT2D eigenvalue weighted by Gasteiger charge is 2.30. The molecule has 0 aliphatic heterocycles. The molecule has 8 nitrogen and oxygen atoms in total. The van der Waals surface area contributed by atoms with Crippen LogP contribution in [0.5, 0.6) is 5.75 Å². The third-order valence-electron chi connectivity index (χ3n) is 4.66. The Hall–Kier alpha value is -2.56. The Balaban J connectivity index is 2.28. The predicted molar refractivity (Wildman–Crippen MR) is 124 cm³/mol.